The molecule has 3 rings (SSSR count). The van der Waals surface area contributed by atoms with E-state index >= 15 is 0 Å². The SMILES string of the molecule is Cc1cnc(C2CCN(C(=O)Cc3ccc(C)s3)C2)[nH]1. The lowest BCUT2D eigenvalue weighted by atomic mass is 10.1. The number of thiophene rings is 1. The Kier molecular flexibility index (Phi) is 3.61. The Morgan fingerprint density at radius 1 is 1.50 bits per heavy atom. The third-order valence-electron chi connectivity index (χ3n) is 3.77. The second-order valence-electron chi connectivity index (χ2n) is 5.47. The first-order valence-corrected chi connectivity index (χ1v) is 7.78. The number of amides is 1. The van der Waals surface area contributed by atoms with Gasteiger partial charge in [0.05, 0.1) is 6.42 Å². The second kappa shape index (κ2) is 5.40. The molecule has 1 atom stereocenters. The van der Waals surface area contributed by atoms with E-state index in [0.717, 1.165) is 35.9 Å². The number of nitrogens with zero attached hydrogens (tertiary/aromatic N) is 2. The third-order valence-corrected chi connectivity index (χ3v) is 4.77. The average molecular weight is 289 g/mol. The van der Waals surface area contributed by atoms with Crippen LogP contribution in [0.5, 0.6) is 0 Å². The maximum Gasteiger partial charge on any atom is 0.227 e. The summed E-state index contributed by atoms with van der Waals surface area (Å²) in [5.41, 5.74) is 1.08. The molecule has 1 aliphatic rings. The van der Waals surface area contributed by atoms with Crippen molar-refractivity contribution in [2.75, 3.05) is 13.1 Å². The molecule has 2 aromatic rings. The summed E-state index contributed by atoms with van der Waals surface area (Å²) in [6.07, 6.45) is 3.39. The smallest absolute Gasteiger partial charge is 0.227 e. The Bertz CT molecular complexity index is 616. The van der Waals surface area contributed by atoms with E-state index in [-0.39, 0.29) is 5.91 Å². The molecule has 5 heteroatoms. The fourth-order valence-corrected chi connectivity index (χ4v) is 3.57. The molecule has 1 unspecified atom stereocenters. The summed E-state index contributed by atoms with van der Waals surface area (Å²) in [4.78, 5) is 24.4. The number of aromatic amines is 1. The van der Waals surface area contributed by atoms with E-state index in [1.807, 2.05) is 18.0 Å². The van der Waals surface area contributed by atoms with Crippen molar-refractivity contribution < 1.29 is 4.79 Å². The summed E-state index contributed by atoms with van der Waals surface area (Å²) in [5, 5.41) is 0. The number of H-pyrrole nitrogens is 1. The van der Waals surface area contributed by atoms with E-state index in [0.29, 0.717) is 12.3 Å². The van der Waals surface area contributed by atoms with Gasteiger partial charge in [-0.15, -0.1) is 11.3 Å². The fourth-order valence-electron chi connectivity index (χ4n) is 2.69. The molecular formula is C15H19N3OS. The van der Waals surface area contributed by atoms with Crippen molar-refractivity contribution in [3.63, 3.8) is 0 Å². The standard InChI is InChI=1S/C15H19N3OS/c1-10-8-16-15(17-10)12-5-6-18(9-12)14(19)7-13-4-3-11(2)20-13/h3-4,8,12H,5-7,9H2,1-2H3,(H,16,17). The number of aryl methyl sites for hydroxylation is 2. The first kappa shape index (κ1) is 13.4. The Labute approximate surface area is 122 Å². The molecule has 1 amide bonds. The fraction of sp³-hybridized carbons (Fsp3) is 0.467. The van der Waals surface area contributed by atoms with E-state index in [4.69, 9.17) is 0 Å². The summed E-state index contributed by atoms with van der Waals surface area (Å²) >= 11 is 1.71. The zero-order valence-corrected chi connectivity index (χ0v) is 12.7. The maximum absolute atomic E-state index is 12.3. The molecule has 0 bridgehead atoms. The van der Waals surface area contributed by atoms with Crippen LogP contribution < -0.4 is 0 Å². The average Bonchev–Trinajstić information content (AvgIpc) is 3.10. The minimum absolute atomic E-state index is 0.234. The van der Waals surface area contributed by atoms with Crippen LogP contribution in [0.25, 0.3) is 0 Å². The van der Waals surface area contributed by atoms with Crippen LogP contribution in [0, 0.1) is 13.8 Å². The van der Waals surface area contributed by atoms with Crippen LogP contribution in [0.15, 0.2) is 18.3 Å². The highest BCUT2D eigenvalue weighted by atomic mass is 32.1. The number of carbonyl (C=O) groups excluding carboxylic acids is 1. The van der Waals surface area contributed by atoms with Gasteiger partial charge in [-0.3, -0.25) is 4.79 Å². The van der Waals surface area contributed by atoms with Gasteiger partial charge < -0.3 is 9.88 Å². The lowest BCUT2D eigenvalue weighted by molar-refractivity contribution is -0.129. The Hall–Kier alpha value is -1.62. The molecule has 1 N–H and O–H groups in total. The van der Waals surface area contributed by atoms with E-state index < -0.39 is 0 Å². The van der Waals surface area contributed by atoms with E-state index in [1.165, 1.54) is 4.88 Å². The summed E-state index contributed by atoms with van der Waals surface area (Å²) in [7, 11) is 0. The molecule has 20 heavy (non-hydrogen) atoms. The van der Waals surface area contributed by atoms with E-state index in [1.54, 1.807) is 11.3 Å². The molecule has 1 fully saturated rings. The van der Waals surface area contributed by atoms with Crippen LogP contribution in [0.2, 0.25) is 0 Å². The summed E-state index contributed by atoms with van der Waals surface area (Å²) in [5.74, 6) is 1.61. The number of hydrogen-bond acceptors (Lipinski definition) is 3. The quantitative estimate of drug-likeness (QED) is 0.944. The van der Waals surface area contributed by atoms with Gasteiger partial charge in [0.15, 0.2) is 0 Å². The Morgan fingerprint density at radius 3 is 3.00 bits per heavy atom. The van der Waals surface area contributed by atoms with E-state index in [9.17, 15) is 4.79 Å². The normalized spacial score (nSPS) is 18.7. The van der Waals surface area contributed by atoms with Crippen molar-refractivity contribution in [3.05, 3.63) is 39.6 Å². The Balaban J connectivity index is 1.60. The van der Waals surface area contributed by atoms with Crippen LogP contribution in [0.1, 0.15) is 33.6 Å². The topological polar surface area (TPSA) is 49.0 Å². The molecule has 0 radical (unpaired) electrons. The molecule has 1 aliphatic heterocycles. The van der Waals surface area contributed by atoms with E-state index in [2.05, 4.69) is 29.0 Å². The third kappa shape index (κ3) is 2.77. The number of aromatic nitrogens is 2. The van der Waals surface area contributed by atoms with Gasteiger partial charge in [-0.1, -0.05) is 0 Å². The van der Waals surface area contributed by atoms with Crippen molar-refractivity contribution in [2.45, 2.75) is 32.6 Å². The van der Waals surface area contributed by atoms with Crippen LogP contribution in [-0.4, -0.2) is 33.9 Å². The number of rotatable bonds is 3. The monoisotopic (exact) mass is 289 g/mol. The lowest BCUT2D eigenvalue weighted by Gasteiger charge is -2.15. The van der Waals surface area contributed by atoms with Gasteiger partial charge >= 0.3 is 0 Å². The maximum atomic E-state index is 12.3. The van der Waals surface area contributed by atoms with Crippen molar-refractivity contribution >= 4 is 17.2 Å². The van der Waals surface area contributed by atoms with Crippen molar-refractivity contribution in [3.8, 4) is 0 Å². The van der Waals surface area contributed by atoms with Gasteiger partial charge in [0.2, 0.25) is 5.91 Å². The molecule has 2 aromatic heterocycles. The van der Waals surface area contributed by atoms with Crippen LogP contribution in [0.4, 0.5) is 0 Å². The summed E-state index contributed by atoms with van der Waals surface area (Å²) in [6.45, 7) is 5.71. The molecule has 3 heterocycles. The molecule has 106 valence electrons. The first-order valence-electron chi connectivity index (χ1n) is 6.96. The predicted molar refractivity (Wildman–Crippen MR) is 80.0 cm³/mol. The van der Waals surface area contributed by atoms with Gasteiger partial charge in [0.25, 0.3) is 0 Å². The van der Waals surface area contributed by atoms with Gasteiger partial charge in [-0.05, 0) is 32.4 Å². The zero-order valence-electron chi connectivity index (χ0n) is 11.8. The van der Waals surface area contributed by atoms with Crippen molar-refractivity contribution in [1.82, 2.24) is 14.9 Å². The van der Waals surface area contributed by atoms with Crippen LogP contribution in [-0.2, 0) is 11.2 Å². The highest BCUT2D eigenvalue weighted by Crippen LogP contribution is 2.26. The minimum Gasteiger partial charge on any atom is -0.346 e. The van der Waals surface area contributed by atoms with Gasteiger partial charge in [0.1, 0.15) is 5.82 Å². The first-order chi connectivity index (χ1) is 9.61. The van der Waals surface area contributed by atoms with Gasteiger partial charge in [-0.25, -0.2) is 4.98 Å². The van der Waals surface area contributed by atoms with Gasteiger partial charge in [0, 0.05) is 40.7 Å². The zero-order chi connectivity index (χ0) is 14.1. The highest BCUT2D eigenvalue weighted by molar-refractivity contribution is 7.12. The largest absolute Gasteiger partial charge is 0.346 e. The molecule has 4 nitrogen and oxygen atoms in total. The number of likely N-dealkylation sites (tertiary alicyclic amines) is 1. The lowest BCUT2D eigenvalue weighted by Crippen LogP contribution is -2.29. The molecule has 1 saturated heterocycles. The highest BCUT2D eigenvalue weighted by Gasteiger charge is 2.28. The predicted octanol–water partition coefficient (Wildman–Crippen LogP) is 2.65. The van der Waals surface area contributed by atoms with Gasteiger partial charge in [-0.2, -0.15) is 0 Å². The molecule has 0 spiro atoms. The van der Waals surface area contributed by atoms with Crippen molar-refractivity contribution in [1.29, 1.82) is 0 Å². The molecule has 0 aromatic carbocycles. The summed E-state index contributed by atoms with van der Waals surface area (Å²) < 4.78 is 0. The van der Waals surface area contributed by atoms with Crippen LogP contribution in [0.3, 0.4) is 0 Å². The molecule has 0 aliphatic carbocycles. The minimum atomic E-state index is 0.234. The number of nitrogens with one attached hydrogen (secondary N) is 1. The number of carbonyl (C=O) groups is 1. The van der Waals surface area contributed by atoms with Crippen LogP contribution >= 0.6 is 11.3 Å². The second-order valence-corrected chi connectivity index (χ2v) is 6.84. The number of hydrogen-bond donors (Lipinski definition) is 1. The molecule has 0 saturated carbocycles. The summed E-state index contributed by atoms with van der Waals surface area (Å²) in [6, 6.07) is 4.13. The Morgan fingerprint density at radius 2 is 2.35 bits per heavy atom. The number of imidazole rings is 1. The van der Waals surface area contributed by atoms with Crippen molar-refractivity contribution in [2.24, 2.45) is 0 Å². The molecular weight excluding hydrogens is 270 g/mol.